The maximum absolute atomic E-state index is 12.6. The number of hydroxylamine groups is 5. The standard InChI is InChI=1S/C17H23N3O4.C16H25N3O3/c1-2-10-23-18-16(21)15-9-8-14-11-19(15)17(22)20(14)24-12-13-6-4-3-5-7-13;1-2-10-21-19-16(20)15-9-8-14(11-17-15)18-22-12-13-6-4-3-5-7-13/h3-7,14-15H,2,8-12H2,1H3,(H,18,21);3-7,14-15,17-18H,2,8-12H2,1H3,(H,19,20)/t2*14-,15+/m11/s1. The number of benzene rings is 2. The van der Waals surface area contributed by atoms with Crippen molar-refractivity contribution >= 4 is 17.8 Å². The van der Waals surface area contributed by atoms with Crippen molar-refractivity contribution < 1.29 is 33.7 Å². The SMILES string of the molecule is CCCONC(=O)[C@@H]1CC[C@@H](NOCc2ccccc2)CN1.CCCONC(=O)[C@@H]1CC[C@@H]2CN1C(=O)N2OCc1ccccc1. The molecular formula is C33H48N6O7. The molecule has 2 aromatic carbocycles. The normalized spacial score (nSPS) is 22.2. The summed E-state index contributed by atoms with van der Waals surface area (Å²) in [4.78, 5) is 59.6. The van der Waals surface area contributed by atoms with Gasteiger partial charge in [0.1, 0.15) is 12.6 Å². The van der Waals surface area contributed by atoms with Gasteiger partial charge >= 0.3 is 6.03 Å². The van der Waals surface area contributed by atoms with E-state index < -0.39 is 6.04 Å². The number of amides is 4. The van der Waals surface area contributed by atoms with Gasteiger partial charge in [-0.1, -0.05) is 74.5 Å². The van der Waals surface area contributed by atoms with E-state index in [4.69, 9.17) is 19.4 Å². The van der Waals surface area contributed by atoms with E-state index in [0.29, 0.717) is 45.9 Å². The molecule has 0 spiro atoms. The van der Waals surface area contributed by atoms with E-state index in [1.165, 1.54) is 5.06 Å². The number of carbonyl (C=O) groups excluding carboxylic acids is 3. The Balaban J connectivity index is 0.000000210. The van der Waals surface area contributed by atoms with Crippen LogP contribution >= 0.6 is 0 Å². The van der Waals surface area contributed by atoms with Crippen LogP contribution in [0.3, 0.4) is 0 Å². The molecule has 0 radical (unpaired) electrons. The largest absolute Gasteiger partial charge is 0.345 e. The molecule has 46 heavy (non-hydrogen) atoms. The molecule has 0 aliphatic carbocycles. The van der Waals surface area contributed by atoms with Gasteiger partial charge in [-0.25, -0.2) is 15.8 Å². The van der Waals surface area contributed by atoms with Crippen LogP contribution in [-0.2, 0) is 42.2 Å². The van der Waals surface area contributed by atoms with Crippen LogP contribution in [0.2, 0.25) is 0 Å². The molecule has 4 amide bonds. The van der Waals surface area contributed by atoms with Gasteiger partial charge < -0.3 is 10.2 Å². The molecule has 5 rings (SSSR count). The maximum Gasteiger partial charge on any atom is 0.345 e. The lowest BCUT2D eigenvalue weighted by molar-refractivity contribution is -0.141. The number of fused-ring (bicyclic) bond motifs is 2. The minimum atomic E-state index is -0.490. The van der Waals surface area contributed by atoms with Crippen molar-refractivity contribution in [2.24, 2.45) is 0 Å². The molecule has 0 saturated carbocycles. The highest BCUT2D eigenvalue weighted by Gasteiger charge is 2.48. The Hall–Kier alpha value is -3.59. The van der Waals surface area contributed by atoms with Crippen molar-refractivity contribution in [1.29, 1.82) is 0 Å². The number of hydrogen-bond acceptors (Lipinski definition) is 9. The Morgan fingerprint density at radius 2 is 1.43 bits per heavy atom. The summed E-state index contributed by atoms with van der Waals surface area (Å²) in [6.07, 6.45) is 4.69. The average molecular weight is 641 g/mol. The molecule has 13 heteroatoms. The highest BCUT2D eigenvalue weighted by atomic mass is 16.7. The molecule has 13 nitrogen and oxygen atoms in total. The van der Waals surface area contributed by atoms with Crippen LogP contribution in [0.5, 0.6) is 0 Å². The Kier molecular flexibility index (Phi) is 14.7. The highest BCUT2D eigenvalue weighted by Crippen LogP contribution is 2.30. The molecule has 4 N–H and O–H groups in total. The molecular weight excluding hydrogens is 592 g/mol. The highest BCUT2D eigenvalue weighted by molar-refractivity contribution is 5.88. The molecule has 3 fully saturated rings. The summed E-state index contributed by atoms with van der Waals surface area (Å²) >= 11 is 0. The number of rotatable bonds is 15. The summed E-state index contributed by atoms with van der Waals surface area (Å²) in [6, 6.07) is 19.0. The minimum absolute atomic E-state index is 0.00169. The minimum Gasteiger partial charge on any atom is -0.309 e. The first-order chi connectivity index (χ1) is 22.5. The zero-order valence-electron chi connectivity index (χ0n) is 26.8. The van der Waals surface area contributed by atoms with Crippen molar-refractivity contribution in [3.63, 3.8) is 0 Å². The summed E-state index contributed by atoms with van der Waals surface area (Å²) < 4.78 is 0. The second-order valence-electron chi connectivity index (χ2n) is 11.5. The number of piperidine rings is 2. The fraction of sp³-hybridized carbons (Fsp3) is 0.545. The topological polar surface area (TPSA) is 143 Å². The van der Waals surface area contributed by atoms with Gasteiger partial charge in [0.05, 0.1) is 31.9 Å². The molecule has 252 valence electrons. The third-order valence-electron chi connectivity index (χ3n) is 7.86. The van der Waals surface area contributed by atoms with E-state index >= 15 is 0 Å². The molecule has 2 bridgehead atoms. The summed E-state index contributed by atoms with van der Waals surface area (Å²) in [6.45, 7) is 7.04. The Morgan fingerprint density at radius 1 is 0.804 bits per heavy atom. The lowest BCUT2D eigenvalue weighted by atomic mass is 10.0. The van der Waals surface area contributed by atoms with Crippen molar-refractivity contribution in [3.8, 4) is 0 Å². The van der Waals surface area contributed by atoms with Gasteiger partial charge in [0, 0.05) is 19.1 Å². The van der Waals surface area contributed by atoms with Crippen molar-refractivity contribution in [2.45, 2.75) is 89.8 Å². The molecule has 0 unspecified atom stereocenters. The summed E-state index contributed by atoms with van der Waals surface area (Å²) in [5, 5.41) is 4.63. The quantitative estimate of drug-likeness (QED) is 0.171. The third kappa shape index (κ3) is 10.7. The van der Waals surface area contributed by atoms with E-state index in [-0.39, 0.29) is 36.0 Å². The first kappa shape index (κ1) is 35.3. The van der Waals surface area contributed by atoms with E-state index in [9.17, 15) is 14.4 Å². The molecule has 4 atom stereocenters. The predicted molar refractivity (Wildman–Crippen MR) is 170 cm³/mol. The Bertz CT molecular complexity index is 1200. The second kappa shape index (κ2) is 19.2. The summed E-state index contributed by atoms with van der Waals surface area (Å²) in [5.74, 6) is -0.364. The fourth-order valence-corrected chi connectivity index (χ4v) is 5.37. The van der Waals surface area contributed by atoms with E-state index in [2.05, 4.69) is 21.8 Å². The van der Waals surface area contributed by atoms with Crippen LogP contribution in [0.15, 0.2) is 60.7 Å². The first-order valence-corrected chi connectivity index (χ1v) is 16.2. The van der Waals surface area contributed by atoms with Gasteiger partial charge in [0.25, 0.3) is 11.8 Å². The molecule has 3 heterocycles. The molecule has 0 aromatic heterocycles. The Labute approximate surface area is 271 Å². The third-order valence-corrected chi connectivity index (χ3v) is 7.86. The number of nitrogens with one attached hydrogen (secondary N) is 4. The van der Waals surface area contributed by atoms with Crippen molar-refractivity contribution in [2.75, 3.05) is 26.3 Å². The first-order valence-electron chi connectivity index (χ1n) is 16.2. The van der Waals surface area contributed by atoms with Gasteiger partial charge in [-0.15, -0.1) is 0 Å². The number of hydrogen-bond donors (Lipinski definition) is 4. The summed E-state index contributed by atoms with van der Waals surface area (Å²) in [5.41, 5.74) is 10.1. The van der Waals surface area contributed by atoms with Gasteiger partial charge in [0.15, 0.2) is 0 Å². The lowest BCUT2D eigenvalue weighted by Crippen LogP contribution is -2.53. The van der Waals surface area contributed by atoms with E-state index in [1.807, 2.05) is 74.5 Å². The maximum atomic E-state index is 12.6. The number of urea groups is 1. The molecule has 2 aromatic rings. The van der Waals surface area contributed by atoms with Crippen LogP contribution in [0.1, 0.15) is 63.5 Å². The number of nitrogens with zero attached hydrogens (tertiary/aromatic N) is 2. The van der Waals surface area contributed by atoms with Crippen molar-refractivity contribution in [3.05, 3.63) is 71.8 Å². The van der Waals surface area contributed by atoms with Gasteiger partial charge in [-0.05, 0) is 49.7 Å². The van der Waals surface area contributed by atoms with Gasteiger partial charge in [-0.2, -0.15) is 10.5 Å². The second-order valence-corrected chi connectivity index (χ2v) is 11.5. The average Bonchev–Trinajstić information content (AvgIpc) is 3.33. The number of carbonyl (C=O) groups is 3. The smallest absolute Gasteiger partial charge is 0.309 e. The van der Waals surface area contributed by atoms with Crippen LogP contribution in [0, 0.1) is 0 Å². The predicted octanol–water partition coefficient (Wildman–Crippen LogP) is 3.13. The van der Waals surface area contributed by atoms with Crippen LogP contribution in [0.25, 0.3) is 0 Å². The zero-order chi connectivity index (χ0) is 32.6. The molecule has 3 saturated heterocycles. The lowest BCUT2D eigenvalue weighted by Gasteiger charge is -2.29. The van der Waals surface area contributed by atoms with Crippen LogP contribution in [-0.4, -0.2) is 78.3 Å². The zero-order valence-corrected chi connectivity index (χ0v) is 26.8. The Morgan fingerprint density at radius 3 is 2.04 bits per heavy atom. The van der Waals surface area contributed by atoms with Crippen LogP contribution in [0.4, 0.5) is 4.79 Å². The van der Waals surface area contributed by atoms with Gasteiger partial charge in [0.2, 0.25) is 0 Å². The van der Waals surface area contributed by atoms with E-state index in [1.54, 1.807) is 4.90 Å². The molecule has 3 aliphatic heterocycles. The van der Waals surface area contributed by atoms with Crippen LogP contribution < -0.4 is 21.8 Å². The van der Waals surface area contributed by atoms with E-state index in [0.717, 1.165) is 43.2 Å². The summed E-state index contributed by atoms with van der Waals surface area (Å²) in [7, 11) is 0. The van der Waals surface area contributed by atoms with Crippen molar-refractivity contribution in [1.82, 2.24) is 31.7 Å². The monoisotopic (exact) mass is 640 g/mol. The fourth-order valence-electron chi connectivity index (χ4n) is 5.37. The molecule has 3 aliphatic rings. The van der Waals surface area contributed by atoms with Gasteiger partial charge in [-0.3, -0.25) is 28.9 Å².